The summed E-state index contributed by atoms with van der Waals surface area (Å²) < 4.78 is 0. The van der Waals surface area contributed by atoms with Crippen molar-refractivity contribution in [2.45, 2.75) is 19.4 Å². The van der Waals surface area contributed by atoms with Gasteiger partial charge in [0, 0.05) is 0 Å². The molecule has 0 fully saturated rings. The molecule has 0 saturated carbocycles. The molecule has 0 atom stereocenters. The molecule has 2 aromatic carbocycles. The topological polar surface area (TPSA) is 40.5 Å². The lowest BCUT2D eigenvalue weighted by atomic mass is 9.92. The molecular weight excluding hydrogens is 274 g/mol. The van der Waals surface area contributed by atoms with Gasteiger partial charge in [0.15, 0.2) is 0 Å². The van der Waals surface area contributed by atoms with Crippen LogP contribution in [0.1, 0.15) is 25.0 Å². The molecule has 1 aliphatic rings. The fourth-order valence-electron chi connectivity index (χ4n) is 2.91. The zero-order valence-corrected chi connectivity index (χ0v) is 12.8. The van der Waals surface area contributed by atoms with E-state index in [4.69, 9.17) is 0 Å². The molecule has 3 nitrogen and oxygen atoms in total. The number of amides is 1. The van der Waals surface area contributed by atoms with Gasteiger partial charge in [0.25, 0.3) is 5.91 Å². The fourth-order valence-corrected chi connectivity index (χ4v) is 2.91. The highest BCUT2D eigenvalue weighted by molar-refractivity contribution is 6.22. The Morgan fingerprint density at radius 3 is 2.09 bits per heavy atom. The fraction of sp³-hybridized carbons (Fsp3) is 0.211. The zero-order chi connectivity index (χ0) is 15.7. The molecule has 112 valence electrons. The van der Waals surface area contributed by atoms with Crippen LogP contribution < -0.4 is 0 Å². The van der Waals surface area contributed by atoms with Gasteiger partial charge in [-0.1, -0.05) is 60.7 Å². The van der Waals surface area contributed by atoms with Crippen molar-refractivity contribution < 1.29 is 9.90 Å². The maximum atomic E-state index is 12.8. The number of carbonyl (C=O) groups excluding carboxylic acids is 1. The number of carbonyl (C=O) groups is 1. The van der Waals surface area contributed by atoms with Crippen LogP contribution in [0, 0.1) is 0 Å². The van der Waals surface area contributed by atoms with Crippen LogP contribution in [0.25, 0.3) is 5.57 Å². The van der Waals surface area contributed by atoms with Crippen molar-refractivity contribution in [3.8, 4) is 0 Å². The molecule has 1 aliphatic heterocycles. The number of rotatable bonds is 3. The largest absolute Gasteiger partial charge is 0.510 e. The van der Waals surface area contributed by atoms with Crippen LogP contribution in [0.2, 0.25) is 0 Å². The van der Waals surface area contributed by atoms with Crippen LogP contribution in [0.15, 0.2) is 66.4 Å². The first kappa shape index (κ1) is 14.4. The minimum atomic E-state index is -0.483. The molecule has 0 spiro atoms. The summed E-state index contributed by atoms with van der Waals surface area (Å²) >= 11 is 0. The van der Waals surface area contributed by atoms with Crippen molar-refractivity contribution in [3.63, 3.8) is 0 Å². The third-order valence-electron chi connectivity index (χ3n) is 4.27. The Kier molecular flexibility index (Phi) is 3.49. The van der Waals surface area contributed by atoms with E-state index in [1.807, 2.05) is 74.5 Å². The van der Waals surface area contributed by atoms with Gasteiger partial charge in [-0.05, 0) is 25.0 Å². The second-order valence-electron chi connectivity index (χ2n) is 6.00. The summed E-state index contributed by atoms with van der Waals surface area (Å²) in [5.74, 6) is 0.0118. The van der Waals surface area contributed by atoms with Gasteiger partial charge in [0.1, 0.15) is 5.76 Å². The van der Waals surface area contributed by atoms with Crippen molar-refractivity contribution in [2.24, 2.45) is 0 Å². The van der Waals surface area contributed by atoms with Crippen LogP contribution in [-0.4, -0.2) is 22.5 Å². The van der Waals surface area contributed by atoms with E-state index in [1.54, 1.807) is 4.90 Å². The third-order valence-corrected chi connectivity index (χ3v) is 4.27. The van der Waals surface area contributed by atoms with E-state index in [2.05, 4.69) is 0 Å². The first-order valence-electron chi connectivity index (χ1n) is 7.37. The first-order valence-corrected chi connectivity index (χ1v) is 7.37. The van der Waals surface area contributed by atoms with Crippen LogP contribution in [0.5, 0.6) is 0 Å². The Hall–Kier alpha value is -2.55. The lowest BCUT2D eigenvalue weighted by Gasteiger charge is -2.36. The van der Waals surface area contributed by atoms with E-state index in [9.17, 15) is 9.90 Å². The second-order valence-corrected chi connectivity index (χ2v) is 6.00. The monoisotopic (exact) mass is 293 g/mol. The van der Waals surface area contributed by atoms with Gasteiger partial charge in [-0.15, -0.1) is 0 Å². The van der Waals surface area contributed by atoms with Crippen molar-refractivity contribution in [1.82, 2.24) is 4.90 Å². The van der Waals surface area contributed by atoms with Crippen LogP contribution in [0.3, 0.4) is 0 Å². The minimum Gasteiger partial charge on any atom is -0.510 e. The van der Waals surface area contributed by atoms with Gasteiger partial charge in [-0.2, -0.15) is 0 Å². The van der Waals surface area contributed by atoms with Gasteiger partial charge >= 0.3 is 0 Å². The van der Waals surface area contributed by atoms with Crippen molar-refractivity contribution in [1.29, 1.82) is 0 Å². The summed E-state index contributed by atoms with van der Waals surface area (Å²) in [4.78, 5) is 14.6. The van der Waals surface area contributed by atoms with E-state index in [1.165, 1.54) is 0 Å². The maximum Gasteiger partial charge on any atom is 0.259 e. The molecule has 1 N–H and O–H groups in total. The Morgan fingerprint density at radius 1 is 0.955 bits per heavy atom. The Labute approximate surface area is 130 Å². The lowest BCUT2D eigenvalue weighted by Crippen LogP contribution is -2.43. The highest BCUT2D eigenvalue weighted by Crippen LogP contribution is 2.36. The SMILES string of the molecule is CC(C)(c1ccccc1)N1CC(O)=C(c2ccccc2)C1=O. The predicted octanol–water partition coefficient (Wildman–Crippen LogP) is 3.73. The molecule has 0 bridgehead atoms. The third kappa shape index (κ3) is 2.29. The smallest absolute Gasteiger partial charge is 0.259 e. The van der Waals surface area contributed by atoms with E-state index in [-0.39, 0.29) is 18.2 Å². The van der Waals surface area contributed by atoms with Crippen molar-refractivity contribution in [2.75, 3.05) is 6.54 Å². The summed E-state index contributed by atoms with van der Waals surface area (Å²) in [5, 5.41) is 10.3. The molecule has 0 radical (unpaired) electrons. The summed E-state index contributed by atoms with van der Waals surface area (Å²) in [7, 11) is 0. The highest BCUT2D eigenvalue weighted by atomic mass is 16.3. The van der Waals surface area contributed by atoms with Crippen LogP contribution in [0.4, 0.5) is 0 Å². The molecule has 2 aromatic rings. The number of nitrogens with zero attached hydrogens (tertiary/aromatic N) is 1. The van der Waals surface area contributed by atoms with Crippen LogP contribution in [-0.2, 0) is 10.3 Å². The van der Waals surface area contributed by atoms with Gasteiger partial charge in [0.05, 0.1) is 17.7 Å². The highest BCUT2D eigenvalue weighted by Gasteiger charge is 2.40. The Morgan fingerprint density at radius 2 is 1.50 bits per heavy atom. The molecule has 1 heterocycles. The summed E-state index contributed by atoms with van der Waals surface area (Å²) in [6.07, 6.45) is 0. The summed E-state index contributed by atoms with van der Waals surface area (Å²) in [6.45, 7) is 4.24. The van der Waals surface area contributed by atoms with E-state index in [0.29, 0.717) is 5.57 Å². The average Bonchev–Trinajstić information content (AvgIpc) is 2.84. The number of hydrogen-bond acceptors (Lipinski definition) is 2. The van der Waals surface area contributed by atoms with Crippen molar-refractivity contribution >= 4 is 11.5 Å². The molecular formula is C19H19NO2. The number of benzene rings is 2. The lowest BCUT2D eigenvalue weighted by molar-refractivity contribution is -0.128. The van der Waals surface area contributed by atoms with E-state index < -0.39 is 5.54 Å². The van der Waals surface area contributed by atoms with Gasteiger partial charge in [-0.25, -0.2) is 0 Å². The van der Waals surface area contributed by atoms with E-state index >= 15 is 0 Å². The Balaban J connectivity index is 1.96. The minimum absolute atomic E-state index is 0.127. The van der Waals surface area contributed by atoms with Gasteiger partial charge in [-0.3, -0.25) is 4.79 Å². The molecule has 3 rings (SSSR count). The number of hydrogen-bond donors (Lipinski definition) is 1. The van der Waals surface area contributed by atoms with Gasteiger partial charge in [0.2, 0.25) is 0 Å². The second kappa shape index (κ2) is 5.34. The Bertz CT molecular complexity index is 718. The average molecular weight is 293 g/mol. The first-order chi connectivity index (χ1) is 10.5. The number of aliphatic hydroxyl groups is 1. The predicted molar refractivity (Wildman–Crippen MR) is 87.2 cm³/mol. The van der Waals surface area contributed by atoms with E-state index in [0.717, 1.165) is 11.1 Å². The maximum absolute atomic E-state index is 12.8. The van der Waals surface area contributed by atoms with Crippen LogP contribution >= 0.6 is 0 Å². The zero-order valence-electron chi connectivity index (χ0n) is 12.8. The molecule has 22 heavy (non-hydrogen) atoms. The quantitative estimate of drug-likeness (QED) is 0.936. The van der Waals surface area contributed by atoms with Crippen molar-refractivity contribution in [3.05, 3.63) is 77.5 Å². The molecule has 0 aromatic heterocycles. The number of aliphatic hydroxyl groups excluding tert-OH is 1. The standard InChI is InChI=1S/C19H19NO2/c1-19(2,15-11-7-4-8-12-15)20-13-16(21)17(18(20)22)14-9-5-3-6-10-14/h3-12,21H,13H2,1-2H3. The summed E-state index contributed by atoms with van der Waals surface area (Å²) in [5.41, 5.74) is 1.73. The molecule has 0 aliphatic carbocycles. The molecule has 3 heteroatoms. The summed E-state index contributed by atoms with van der Waals surface area (Å²) in [6, 6.07) is 19.2. The normalized spacial score (nSPS) is 15.5. The molecule has 1 amide bonds. The van der Waals surface area contributed by atoms with Gasteiger partial charge < -0.3 is 10.0 Å². The molecule has 0 saturated heterocycles. The molecule has 0 unspecified atom stereocenters.